The molecule has 6 aromatic rings. The van der Waals surface area contributed by atoms with Crippen molar-refractivity contribution in [1.82, 2.24) is 33.7 Å². The van der Waals surface area contributed by atoms with E-state index in [0.29, 0.717) is 22.8 Å². The van der Waals surface area contributed by atoms with Crippen LogP contribution in [0.3, 0.4) is 0 Å². The number of para-hydroxylation sites is 3. The lowest BCUT2D eigenvalue weighted by molar-refractivity contribution is 0.229. The van der Waals surface area contributed by atoms with E-state index < -0.39 is 0 Å². The standard InChI is InChI=1S/C34H37N9O/c1-23-8-7-9-24(2)30(23)43-32(44)27-22-35-33(38-31(27)42-29-11-6-5-10-28(29)37-34(42)43)36-25-12-14-26(15-13-25)41-20-18-40(19-21-41)17-16-39(3)4/h5-15,22H,16-21H2,1-4H3,(H,35,36,38). The number of fused-ring (bicyclic) bond motifs is 5. The fourth-order valence-corrected chi connectivity index (χ4v) is 6.15. The number of benzene rings is 3. The number of aromatic nitrogens is 5. The van der Waals surface area contributed by atoms with Gasteiger partial charge in [-0.25, -0.2) is 14.5 Å². The topological polar surface area (TPSA) is 86.8 Å². The number of nitrogens with zero attached hydrogens (tertiary/aromatic N) is 8. The highest BCUT2D eigenvalue weighted by Crippen LogP contribution is 2.27. The predicted molar refractivity (Wildman–Crippen MR) is 178 cm³/mol. The van der Waals surface area contributed by atoms with Crippen LogP contribution in [0.4, 0.5) is 17.3 Å². The van der Waals surface area contributed by atoms with Crippen LogP contribution >= 0.6 is 0 Å². The molecule has 3 aromatic heterocycles. The number of nitrogens with one attached hydrogen (secondary N) is 1. The van der Waals surface area contributed by atoms with Gasteiger partial charge in [-0.05, 0) is 75.5 Å². The minimum Gasteiger partial charge on any atom is -0.369 e. The fourth-order valence-electron chi connectivity index (χ4n) is 6.15. The number of piperazine rings is 1. The highest BCUT2D eigenvalue weighted by atomic mass is 16.1. The Bertz CT molecular complexity index is 2020. The number of likely N-dealkylation sites (N-methyl/N-ethyl adjacent to an activating group) is 1. The lowest BCUT2D eigenvalue weighted by Gasteiger charge is -2.36. The minimum absolute atomic E-state index is 0.196. The minimum atomic E-state index is -0.196. The molecule has 1 N–H and O–H groups in total. The molecule has 1 fully saturated rings. The number of aryl methyl sites for hydroxylation is 2. The molecule has 1 aliphatic heterocycles. The molecule has 224 valence electrons. The number of imidazole rings is 1. The lowest BCUT2D eigenvalue weighted by Crippen LogP contribution is -2.48. The molecule has 0 atom stereocenters. The Morgan fingerprint density at radius 1 is 0.864 bits per heavy atom. The van der Waals surface area contributed by atoms with Gasteiger partial charge in [0.15, 0.2) is 5.65 Å². The van der Waals surface area contributed by atoms with E-state index in [1.165, 1.54) is 5.69 Å². The van der Waals surface area contributed by atoms with Gasteiger partial charge < -0.3 is 15.1 Å². The van der Waals surface area contributed by atoms with Gasteiger partial charge in [-0.15, -0.1) is 0 Å². The molecule has 0 unspecified atom stereocenters. The monoisotopic (exact) mass is 587 g/mol. The third-order valence-electron chi connectivity index (χ3n) is 8.54. The number of hydrogen-bond acceptors (Lipinski definition) is 8. The van der Waals surface area contributed by atoms with Crippen LogP contribution in [0.5, 0.6) is 0 Å². The fraction of sp³-hybridized carbons (Fsp3) is 0.294. The van der Waals surface area contributed by atoms with Crippen molar-refractivity contribution in [2.24, 2.45) is 0 Å². The van der Waals surface area contributed by atoms with Crippen molar-refractivity contribution in [2.45, 2.75) is 13.8 Å². The number of hydrogen-bond donors (Lipinski definition) is 1. The van der Waals surface area contributed by atoms with Crippen LogP contribution in [0.15, 0.2) is 77.7 Å². The van der Waals surface area contributed by atoms with E-state index >= 15 is 0 Å². The van der Waals surface area contributed by atoms with Crippen LogP contribution in [0.25, 0.3) is 33.5 Å². The molecule has 4 heterocycles. The SMILES string of the molecule is Cc1cccc(C)c1-n1c(=O)c2cnc(Nc3ccc(N4CCN(CCN(C)C)CC4)cc3)nc2n2c3ccccc3nc12. The van der Waals surface area contributed by atoms with E-state index in [9.17, 15) is 4.79 Å². The zero-order valence-corrected chi connectivity index (χ0v) is 25.7. The molecular formula is C34H37N9O. The van der Waals surface area contributed by atoms with Crippen molar-refractivity contribution in [1.29, 1.82) is 0 Å². The molecule has 0 amide bonds. The van der Waals surface area contributed by atoms with E-state index in [1.807, 2.05) is 60.7 Å². The van der Waals surface area contributed by atoms with Gasteiger partial charge in [-0.3, -0.25) is 14.1 Å². The molecule has 0 saturated carbocycles. The largest absolute Gasteiger partial charge is 0.369 e. The van der Waals surface area contributed by atoms with E-state index in [1.54, 1.807) is 10.8 Å². The molecule has 0 bridgehead atoms. The molecule has 10 heteroatoms. The Kier molecular flexibility index (Phi) is 7.23. The van der Waals surface area contributed by atoms with Gasteiger partial charge in [0, 0.05) is 56.8 Å². The van der Waals surface area contributed by atoms with Crippen molar-refractivity contribution in [3.05, 3.63) is 94.4 Å². The van der Waals surface area contributed by atoms with Crippen molar-refractivity contribution in [3.8, 4) is 5.69 Å². The first-order valence-corrected chi connectivity index (χ1v) is 15.1. The summed E-state index contributed by atoms with van der Waals surface area (Å²) < 4.78 is 3.66. The van der Waals surface area contributed by atoms with Crippen molar-refractivity contribution in [3.63, 3.8) is 0 Å². The van der Waals surface area contributed by atoms with Gasteiger partial charge in [0.25, 0.3) is 5.56 Å². The van der Waals surface area contributed by atoms with Gasteiger partial charge in [-0.1, -0.05) is 30.3 Å². The maximum absolute atomic E-state index is 14.1. The van der Waals surface area contributed by atoms with E-state index in [2.05, 4.69) is 63.4 Å². The summed E-state index contributed by atoms with van der Waals surface area (Å²) in [6.45, 7) is 10.4. The molecule has 0 spiro atoms. The first kappa shape index (κ1) is 28.0. The zero-order chi connectivity index (χ0) is 30.4. The van der Waals surface area contributed by atoms with Crippen LogP contribution in [-0.4, -0.2) is 87.1 Å². The Labute approximate surface area is 256 Å². The van der Waals surface area contributed by atoms with Crippen LogP contribution in [0.2, 0.25) is 0 Å². The quantitative estimate of drug-likeness (QED) is 0.290. The van der Waals surface area contributed by atoms with Gasteiger partial charge in [0.2, 0.25) is 11.7 Å². The Balaban J connectivity index is 1.22. The van der Waals surface area contributed by atoms with Crippen LogP contribution < -0.4 is 15.8 Å². The third-order valence-corrected chi connectivity index (χ3v) is 8.54. The smallest absolute Gasteiger partial charge is 0.270 e. The van der Waals surface area contributed by atoms with E-state index in [4.69, 9.17) is 9.97 Å². The van der Waals surface area contributed by atoms with Crippen LogP contribution in [-0.2, 0) is 0 Å². The Morgan fingerprint density at radius 2 is 1.59 bits per heavy atom. The van der Waals surface area contributed by atoms with Crippen molar-refractivity contribution < 1.29 is 0 Å². The van der Waals surface area contributed by atoms with Gasteiger partial charge in [-0.2, -0.15) is 4.98 Å². The summed E-state index contributed by atoms with van der Waals surface area (Å²) in [5, 5.41) is 3.78. The summed E-state index contributed by atoms with van der Waals surface area (Å²) in [7, 11) is 4.25. The molecular weight excluding hydrogens is 550 g/mol. The van der Waals surface area contributed by atoms with E-state index in [0.717, 1.165) is 72.8 Å². The van der Waals surface area contributed by atoms with Crippen molar-refractivity contribution in [2.75, 3.05) is 63.6 Å². The molecule has 1 saturated heterocycles. The Hall–Kier alpha value is -4.80. The summed E-state index contributed by atoms with van der Waals surface area (Å²) in [6, 6.07) is 22.3. The average molecular weight is 588 g/mol. The highest BCUT2D eigenvalue weighted by Gasteiger charge is 2.21. The summed E-state index contributed by atoms with van der Waals surface area (Å²) >= 11 is 0. The molecule has 0 radical (unpaired) electrons. The summed E-state index contributed by atoms with van der Waals surface area (Å²) in [5.74, 6) is 0.944. The van der Waals surface area contributed by atoms with Gasteiger partial charge in [0.1, 0.15) is 5.39 Å². The lowest BCUT2D eigenvalue weighted by atomic mass is 10.1. The summed E-state index contributed by atoms with van der Waals surface area (Å²) in [4.78, 5) is 35.6. The molecule has 44 heavy (non-hydrogen) atoms. The molecule has 7 rings (SSSR count). The highest BCUT2D eigenvalue weighted by molar-refractivity contribution is 5.88. The van der Waals surface area contributed by atoms with Gasteiger partial charge in [0.05, 0.1) is 16.7 Å². The molecule has 0 aliphatic carbocycles. The summed E-state index contributed by atoms with van der Waals surface area (Å²) in [5.41, 5.74) is 6.90. The van der Waals surface area contributed by atoms with Crippen molar-refractivity contribution >= 4 is 45.2 Å². The molecule has 1 aliphatic rings. The summed E-state index contributed by atoms with van der Waals surface area (Å²) in [6.07, 6.45) is 1.62. The average Bonchev–Trinajstić information content (AvgIpc) is 3.41. The third kappa shape index (κ3) is 5.06. The second-order valence-electron chi connectivity index (χ2n) is 11.9. The maximum atomic E-state index is 14.1. The normalized spacial score (nSPS) is 14.3. The van der Waals surface area contributed by atoms with Crippen LogP contribution in [0.1, 0.15) is 11.1 Å². The molecule has 10 nitrogen and oxygen atoms in total. The first-order valence-electron chi connectivity index (χ1n) is 15.1. The second-order valence-corrected chi connectivity index (χ2v) is 11.9. The number of anilines is 3. The molecule has 3 aromatic carbocycles. The predicted octanol–water partition coefficient (Wildman–Crippen LogP) is 4.63. The maximum Gasteiger partial charge on any atom is 0.270 e. The van der Waals surface area contributed by atoms with Crippen LogP contribution in [0, 0.1) is 13.8 Å². The number of rotatable bonds is 7. The zero-order valence-electron chi connectivity index (χ0n) is 25.7. The second kappa shape index (κ2) is 11.4. The van der Waals surface area contributed by atoms with E-state index in [-0.39, 0.29) is 5.56 Å². The first-order chi connectivity index (χ1) is 21.4. The Morgan fingerprint density at radius 3 is 2.32 bits per heavy atom. The van der Waals surface area contributed by atoms with Gasteiger partial charge >= 0.3 is 0 Å².